The highest BCUT2D eigenvalue weighted by Crippen LogP contribution is 2.24. The van der Waals surface area contributed by atoms with E-state index in [0.717, 1.165) is 16.5 Å². The Bertz CT molecular complexity index is 1000. The van der Waals surface area contributed by atoms with Crippen LogP contribution in [0.25, 0.3) is 10.9 Å². The number of hydrogen-bond acceptors (Lipinski definition) is 3. The Morgan fingerprint density at radius 3 is 2.32 bits per heavy atom. The molecule has 2 amide bonds. The number of amides is 2. The summed E-state index contributed by atoms with van der Waals surface area (Å²) in [7, 11) is 0. The summed E-state index contributed by atoms with van der Waals surface area (Å²) in [6.07, 6.45) is 1.54. The number of fused-ring (bicyclic) bond motifs is 1. The third-order valence-corrected chi connectivity index (χ3v) is 4.68. The number of carbonyl (C=O) groups excluding carboxylic acids is 2. The largest absolute Gasteiger partial charge is 0.341 e. The fourth-order valence-electron chi connectivity index (χ4n) is 2.94. The second-order valence-electron chi connectivity index (χ2n) is 7.94. The van der Waals surface area contributed by atoms with Gasteiger partial charge in [0.15, 0.2) is 0 Å². The van der Waals surface area contributed by atoms with Gasteiger partial charge >= 0.3 is 11.8 Å². The lowest BCUT2D eigenvalue weighted by molar-refractivity contribution is -0.136. The molecule has 1 unspecified atom stereocenters. The molecule has 0 aliphatic rings. The number of rotatable bonds is 3. The molecule has 0 radical (unpaired) electrons. The van der Waals surface area contributed by atoms with Crippen molar-refractivity contribution < 1.29 is 9.59 Å². The van der Waals surface area contributed by atoms with Crippen LogP contribution in [0.15, 0.2) is 60.8 Å². The Morgan fingerprint density at radius 1 is 0.964 bits per heavy atom. The van der Waals surface area contributed by atoms with Crippen molar-refractivity contribution in [1.82, 2.24) is 10.3 Å². The lowest BCUT2D eigenvalue weighted by Crippen LogP contribution is -2.36. The number of aromatic nitrogens is 1. The van der Waals surface area contributed by atoms with E-state index in [2.05, 4.69) is 48.5 Å². The SMILES string of the molecule is CC(NC(=O)C(=O)Nc1cnc2ccccc2c1)c1ccc(C(C)(C)C)cc1. The molecule has 0 bridgehead atoms. The Balaban J connectivity index is 1.63. The second kappa shape index (κ2) is 7.80. The first kappa shape index (κ1) is 19.5. The monoisotopic (exact) mass is 375 g/mol. The van der Waals surface area contributed by atoms with Gasteiger partial charge in [0.2, 0.25) is 0 Å². The van der Waals surface area contributed by atoms with Crippen molar-refractivity contribution in [2.24, 2.45) is 0 Å². The molecule has 1 atom stereocenters. The minimum absolute atomic E-state index is 0.0682. The van der Waals surface area contributed by atoms with Crippen LogP contribution in [0.4, 0.5) is 5.69 Å². The summed E-state index contributed by atoms with van der Waals surface area (Å²) in [6, 6.07) is 17.2. The first-order valence-electron chi connectivity index (χ1n) is 9.31. The van der Waals surface area contributed by atoms with E-state index in [1.807, 2.05) is 43.3 Å². The molecule has 1 aromatic heterocycles. The third kappa shape index (κ3) is 4.55. The fourth-order valence-corrected chi connectivity index (χ4v) is 2.94. The maximum absolute atomic E-state index is 12.3. The molecular formula is C23H25N3O2. The van der Waals surface area contributed by atoms with Gasteiger partial charge in [-0.15, -0.1) is 0 Å². The highest BCUT2D eigenvalue weighted by molar-refractivity contribution is 6.39. The van der Waals surface area contributed by atoms with Gasteiger partial charge in [-0.2, -0.15) is 0 Å². The van der Waals surface area contributed by atoms with Crippen LogP contribution >= 0.6 is 0 Å². The molecule has 3 rings (SSSR count). The molecule has 2 N–H and O–H groups in total. The normalized spacial score (nSPS) is 12.4. The molecule has 0 fully saturated rings. The summed E-state index contributed by atoms with van der Waals surface area (Å²) in [5.41, 5.74) is 3.55. The van der Waals surface area contributed by atoms with Gasteiger partial charge < -0.3 is 10.6 Å². The molecule has 3 aromatic rings. The summed E-state index contributed by atoms with van der Waals surface area (Å²) in [5, 5.41) is 6.24. The Kier molecular flexibility index (Phi) is 5.45. The number of pyridine rings is 1. The van der Waals surface area contributed by atoms with Gasteiger partial charge in [0.1, 0.15) is 0 Å². The highest BCUT2D eigenvalue weighted by atomic mass is 16.2. The van der Waals surface area contributed by atoms with Crippen molar-refractivity contribution in [2.45, 2.75) is 39.2 Å². The minimum atomic E-state index is -0.713. The van der Waals surface area contributed by atoms with Gasteiger partial charge in [-0.1, -0.05) is 63.2 Å². The van der Waals surface area contributed by atoms with Crippen molar-refractivity contribution in [2.75, 3.05) is 5.32 Å². The van der Waals surface area contributed by atoms with Crippen LogP contribution < -0.4 is 10.6 Å². The Morgan fingerprint density at radius 2 is 1.64 bits per heavy atom. The topological polar surface area (TPSA) is 71.1 Å². The van der Waals surface area contributed by atoms with E-state index in [9.17, 15) is 9.59 Å². The predicted octanol–water partition coefficient (Wildman–Crippen LogP) is 4.35. The molecule has 5 nitrogen and oxygen atoms in total. The number of anilines is 1. The van der Waals surface area contributed by atoms with Crippen LogP contribution in [0.2, 0.25) is 0 Å². The van der Waals surface area contributed by atoms with E-state index in [1.54, 1.807) is 12.3 Å². The fraction of sp³-hybridized carbons (Fsp3) is 0.261. The van der Waals surface area contributed by atoms with E-state index in [1.165, 1.54) is 5.56 Å². The molecule has 0 aliphatic heterocycles. The first-order chi connectivity index (χ1) is 13.2. The van der Waals surface area contributed by atoms with Crippen molar-refractivity contribution in [1.29, 1.82) is 0 Å². The number of hydrogen-bond donors (Lipinski definition) is 2. The second-order valence-corrected chi connectivity index (χ2v) is 7.94. The average molecular weight is 375 g/mol. The van der Waals surface area contributed by atoms with Gasteiger partial charge in [-0.3, -0.25) is 14.6 Å². The van der Waals surface area contributed by atoms with Gasteiger partial charge in [-0.25, -0.2) is 0 Å². The quantitative estimate of drug-likeness (QED) is 0.669. The van der Waals surface area contributed by atoms with Gasteiger partial charge in [0.05, 0.1) is 23.4 Å². The zero-order valence-electron chi connectivity index (χ0n) is 16.6. The average Bonchev–Trinajstić information content (AvgIpc) is 2.67. The summed E-state index contributed by atoms with van der Waals surface area (Å²) in [6.45, 7) is 8.31. The Hall–Kier alpha value is -3.21. The molecule has 5 heteroatoms. The number of nitrogens with one attached hydrogen (secondary N) is 2. The number of carbonyl (C=O) groups is 2. The molecule has 144 valence electrons. The van der Waals surface area contributed by atoms with Gasteiger partial charge in [-0.05, 0) is 35.6 Å². The summed E-state index contributed by atoms with van der Waals surface area (Å²) < 4.78 is 0. The van der Waals surface area contributed by atoms with Crippen molar-refractivity contribution in [3.05, 3.63) is 71.9 Å². The van der Waals surface area contributed by atoms with Crippen LogP contribution in [0.3, 0.4) is 0 Å². The van der Waals surface area contributed by atoms with Crippen molar-refractivity contribution >= 4 is 28.4 Å². The maximum Gasteiger partial charge on any atom is 0.313 e. The summed E-state index contributed by atoms with van der Waals surface area (Å²) in [4.78, 5) is 28.8. The lowest BCUT2D eigenvalue weighted by Gasteiger charge is -2.20. The Labute approximate surface area is 165 Å². The van der Waals surface area contributed by atoms with Crippen molar-refractivity contribution in [3.8, 4) is 0 Å². The molecule has 0 spiro atoms. The smallest absolute Gasteiger partial charge is 0.313 e. The molecule has 2 aromatic carbocycles. The number of nitrogens with zero attached hydrogens (tertiary/aromatic N) is 1. The third-order valence-electron chi connectivity index (χ3n) is 4.68. The van der Waals surface area contributed by atoms with Crippen LogP contribution in [-0.2, 0) is 15.0 Å². The van der Waals surface area contributed by atoms with Crippen LogP contribution in [0.1, 0.15) is 44.9 Å². The van der Waals surface area contributed by atoms with Gasteiger partial charge in [0, 0.05) is 5.39 Å². The molecule has 0 saturated heterocycles. The number of benzene rings is 2. The highest BCUT2D eigenvalue weighted by Gasteiger charge is 2.18. The molecule has 1 heterocycles. The van der Waals surface area contributed by atoms with E-state index < -0.39 is 11.8 Å². The summed E-state index contributed by atoms with van der Waals surface area (Å²) >= 11 is 0. The standard InChI is InChI=1S/C23H25N3O2/c1-15(16-9-11-18(12-10-16)23(2,3)4)25-21(27)22(28)26-19-13-17-7-5-6-8-20(17)24-14-19/h5-15H,1-4H3,(H,25,27)(H,26,28). The summed E-state index contributed by atoms with van der Waals surface area (Å²) in [5.74, 6) is -1.39. The van der Waals surface area contributed by atoms with E-state index >= 15 is 0 Å². The molecule has 0 saturated carbocycles. The van der Waals surface area contributed by atoms with E-state index in [4.69, 9.17) is 0 Å². The van der Waals surface area contributed by atoms with Crippen molar-refractivity contribution in [3.63, 3.8) is 0 Å². The van der Waals surface area contributed by atoms with Crippen LogP contribution in [0, 0.1) is 0 Å². The minimum Gasteiger partial charge on any atom is -0.341 e. The van der Waals surface area contributed by atoms with Crippen LogP contribution in [-0.4, -0.2) is 16.8 Å². The van der Waals surface area contributed by atoms with E-state index in [0.29, 0.717) is 5.69 Å². The zero-order chi connectivity index (χ0) is 20.3. The number of para-hydroxylation sites is 1. The van der Waals surface area contributed by atoms with Crippen LogP contribution in [0.5, 0.6) is 0 Å². The lowest BCUT2D eigenvalue weighted by atomic mass is 9.86. The molecule has 0 aliphatic carbocycles. The predicted molar refractivity (Wildman–Crippen MR) is 112 cm³/mol. The van der Waals surface area contributed by atoms with E-state index in [-0.39, 0.29) is 11.5 Å². The zero-order valence-corrected chi connectivity index (χ0v) is 16.6. The van der Waals surface area contributed by atoms with Gasteiger partial charge in [0.25, 0.3) is 0 Å². The maximum atomic E-state index is 12.3. The molecule has 28 heavy (non-hydrogen) atoms. The molecular weight excluding hydrogens is 350 g/mol. The first-order valence-corrected chi connectivity index (χ1v) is 9.31.